The Morgan fingerprint density at radius 2 is 1.35 bits per heavy atom. The maximum Gasteiger partial charge on any atom is 2.00 e. The van der Waals surface area contributed by atoms with Gasteiger partial charge in [-0.05, 0) is 15.2 Å². The minimum atomic E-state index is 0. The molecular formula is C32H27BrO2SZr. The Bertz CT molecular complexity index is 1700. The van der Waals surface area contributed by atoms with Gasteiger partial charge >= 0.3 is 26.2 Å². The average Bonchev–Trinajstić information content (AvgIpc) is 3.58. The summed E-state index contributed by atoms with van der Waals surface area (Å²) in [7, 11) is 2.00. The molecule has 184 valence electrons. The van der Waals surface area contributed by atoms with Crippen LogP contribution in [0, 0.1) is 0 Å². The van der Waals surface area contributed by atoms with E-state index >= 15 is 0 Å². The van der Waals surface area contributed by atoms with Gasteiger partial charge in [0.1, 0.15) is 0 Å². The predicted octanol–water partition coefficient (Wildman–Crippen LogP) is 9.13. The summed E-state index contributed by atoms with van der Waals surface area (Å²) in [5.74, 6) is 0. The van der Waals surface area contributed by atoms with Gasteiger partial charge in [-0.1, -0.05) is 95.2 Å². The third-order valence-corrected chi connectivity index (χ3v) is 7.67. The van der Waals surface area contributed by atoms with Crippen LogP contribution >= 0.6 is 27.3 Å². The van der Waals surface area contributed by atoms with Crippen LogP contribution in [0.2, 0.25) is 0 Å². The van der Waals surface area contributed by atoms with Gasteiger partial charge in [0.15, 0.2) is 0 Å². The molecule has 0 fully saturated rings. The molecule has 1 aromatic heterocycles. The van der Waals surface area contributed by atoms with Gasteiger partial charge < -0.3 is 10.2 Å². The van der Waals surface area contributed by atoms with Gasteiger partial charge in [-0.2, -0.15) is 0 Å². The molecule has 6 aromatic carbocycles. The van der Waals surface area contributed by atoms with Crippen molar-refractivity contribution in [2.75, 3.05) is 14.2 Å². The first-order valence-corrected chi connectivity index (χ1v) is 13.1. The number of rotatable bonds is 1. The molecule has 0 saturated carbocycles. The Hall–Kier alpha value is -2.40. The molecule has 0 aliphatic rings. The second-order valence-corrected chi connectivity index (χ2v) is 9.96. The molecule has 0 amide bonds. The summed E-state index contributed by atoms with van der Waals surface area (Å²) in [6.45, 7) is 0. The molecule has 0 atom stereocenters. The first-order valence-electron chi connectivity index (χ1n) is 11.5. The summed E-state index contributed by atoms with van der Waals surface area (Å²) in [5, 5.41) is 22.0. The number of fused-ring (bicyclic) bond motifs is 5. The molecule has 2 N–H and O–H groups in total. The zero-order valence-electron chi connectivity index (χ0n) is 20.7. The minimum absolute atomic E-state index is 0. The summed E-state index contributed by atoms with van der Waals surface area (Å²) in [6, 6.07) is 41.1. The van der Waals surface area contributed by atoms with Crippen LogP contribution in [0.3, 0.4) is 0 Å². The Labute approximate surface area is 248 Å². The fraction of sp³-hybridized carbons (Fsp3) is 0.0625. The van der Waals surface area contributed by atoms with E-state index in [1.807, 2.05) is 17.4 Å². The smallest absolute Gasteiger partial charge is 0.400 e. The second-order valence-electron chi connectivity index (χ2n) is 7.99. The van der Waals surface area contributed by atoms with Gasteiger partial charge in [0.05, 0.1) is 0 Å². The van der Waals surface area contributed by atoms with Gasteiger partial charge in [-0.25, -0.2) is 0 Å². The molecular weight excluding hydrogens is 620 g/mol. The van der Waals surface area contributed by atoms with Crippen molar-refractivity contribution in [3.8, 4) is 11.1 Å². The fourth-order valence-electron chi connectivity index (χ4n) is 4.32. The van der Waals surface area contributed by atoms with E-state index < -0.39 is 0 Å². The number of hydrogen-bond acceptors (Lipinski definition) is 3. The van der Waals surface area contributed by atoms with Crippen molar-refractivity contribution in [3.63, 3.8) is 0 Å². The number of aliphatic hydroxyl groups is 2. The molecule has 0 aliphatic heterocycles. The molecule has 0 spiro atoms. The average molecular weight is 647 g/mol. The molecule has 37 heavy (non-hydrogen) atoms. The summed E-state index contributed by atoms with van der Waals surface area (Å²) in [4.78, 5) is 0. The molecule has 0 saturated heterocycles. The maximum absolute atomic E-state index is 7.00. The van der Waals surface area contributed by atoms with Crippen LogP contribution in [0.1, 0.15) is 0 Å². The van der Waals surface area contributed by atoms with Crippen molar-refractivity contribution >= 4 is 69.0 Å². The topological polar surface area (TPSA) is 40.5 Å². The van der Waals surface area contributed by atoms with Gasteiger partial charge in [-0.3, -0.25) is 0 Å². The van der Waals surface area contributed by atoms with E-state index in [0.717, 1.165) is 18.7 Å². The summed E-state index contributed by atoms with van der Waals surface area (Å²) < 4.78 is 3.85. The van der Waals surface area contributed by atoms with Crippen LogP contribution < -0.4 is 0 Å². The van der Waals surface area contributed by atoms with Crippen molar-refractivity contribution in [2.45, 2.75) is 0 Å². The Morgan fingerprint density at radius 3 is 2.11 bits per heavy atom. The molecule has 5 heteroatoms. The van der Waals surface area contributed by atoms with E-state index in [-0.39, 0.29) is 26.2 Å². The third kappa shape index (κ3) is 6.55. The first kappa shape index (κ1) is 29.2. The van der Waals surface area contributed by atoms with Gasteiger partial charge in [0.25, 0.3) is 0 Å². The van der Waals surface area contributed by atoms with Crippen LogP contribution in [0.15, 0.2) is 120 Å². The minimum Gasteiger partial charge on any atom is -0.400 e. The van der Waals surface area contributed by atoms with E-state index in [1.54, 1.807) is 0 Å². The fourth-order valence-corrected chi connectivity index (χ4v) is 5.84. The standard InChI is InChI=1S/C15H10Br.C15H9S.2CH4O.Zr/c16-15-8-4-7-12-9-13(10-14(12)15)11-5-2-1-3-6-11;1-3-10-8-13(5-1)16-15-6-2-4-11-7-12(10)9-14(11)15;2*1-2;/h1-10H;1-9H;2*2H,1H3;/q2*-1;;;+2. The van der Waals surface area contributed by atoms with Crippen molar-refractivity contribution in [1.29, 1.82) is 0 Å². The third-order valence-electron chi connectivity index (χ3n) is 5.91. The number of halogens is 1. The van der Waals surface area contributed by atoms with E-state index in [0.29, 0.717) is 0 Å². The molecule has 0 unspecified atom stereocenters. The van der Waals surface area contributed by atoms with Gasteiger partial charge in [-0.15, -0.1) is 84.7 Å². The Kier molecular flexibility index (Phi) is 11.0. The SMILES string of the molecule is Brc1cccc2cc(-c3ccccc3)[cH-]c12.CO.CO.[Zr+2].c1cc2cc(c1)c1cc3c(cccc3s2)[cH-]1. The van der Waals surface area contributed by atoms with Crippen molar-refractivity contribution in [3.05, 3.63) is 120 Å². The van der Waals surface area contributed by atoms with Crippen molar-refractivity contribution in [2.24, 2.45) is 0 Å². The van der Waals surface area contributed by atoms with Gasteiger partial charge in [0, 0.05) is 18.9 Å². The van der Waals surface area contributed by atoms with Crippen LogP contribution in [0.4, 0.5) is 0 Å². The largest absolute Gasteiger partial charge is 2.00 e. The quantitative estimate of drug-likeness (QED) is 0.175. The van der Waals surface area contributed by atoms with E-state index in [1.165, 1.54) is 52.8 Å². The molecule has 4 bridgehead atoms. The predicted molar refractivity (Wildman–Crippen MR) is 161 cm³/mol. The van der Waals surface area contributed by atoms with E-state index in [9.17, 15) is 0 Å². The Morgan fingerprint density at radius 1 is 0.649 bits per heavy atom. The van der Waals surface area contributed by atoms with Crippen LogP contribution in [0.25, 0.3) is 52.8 Å². The van der Waals surface area contributed by atoms with Crippen LogP contribution in [-0.4, -0.2) is 24.4 Å². The summed E-state index contributed by atoms with van der Waals surface area (Å²) in [5.41, 5.74) is 2.55. The second kappa shape index (κ2) is 13.9. The number of hydrogen-bond donors (Lipinski definition) is 2. The van der Waals surface area contributed by atoms with Crippen LogP contribution in [-0.2, 0) is 26.2 Å². The molecule has 7 aromatic rings. The normalized spacial score (nSPS) is 10.1. The van der Waals surface area contributed by atoms with E-state index in [4.69, 9.17) is 10.2 Å². The zero-order valence-corrected chi connectivity index (χ0v) is 25.5. The van der Waals surface area contributed by atoms with Crippen LogP contribution in [0.5, 0.6) is 0 Å². The molecule has 0 radical (unpaired) electrons. The van der Waals surface area contributed by atoms with Gasteiger partial charge in [0.2, 0.25) is 0 Å². The summed E-state index contributed by atoms with van der Waals surface area (Å²) >= 11 is 5.44. The van der Waals surface area contributed by atoms with Crippen molar-refractivity contribution in [1.82, 2.24) is 0 Å². The maximum atomic E-state index is 7.00. The zero-order chi connectivity index (χ0) is 25.5. The monoisotopic (exact) mass is 644 g/mol. The number of aliphatic hydroxyl groups excluding tert-OH is 2. The molecule has 2 nitrogen and oxygen atoms in total. The Balaban J connectivity index is 0.000000177. The molecule has 7 rings (SSSR count). The molecule has 1 heterocycles. The summed E-state index contributed by atoms with van der Waals surface area (Å²) in [6.07, 6.45) is 0. The first-order chi connectivity index (χ1) is 17.7. The van der Waals surface area contributed by atoms with Crippen molar-refractivity contribution < 1.29 is 36.4 Å². The number of benzene rings is 4. The molecule has 0 aliphatic carbocycles. The van der Waals surface area contributed by atoms with E-state index in [2.05, 4.69) is 125 Å².